The Morgan fingerprint density at radius 1 is 1.54 bits per heavy atom. The molecule has 0 saturated carbocycles. The molecule has 0 aromatic heterocycles. The van der Waals surface area contributed by atoms with Crippen LogP contribution in [-0.2, 0) is 23.8 Å². The largest absolute Gasteiger partial charge is 0.369 e. The van der Waals surface area contributed by atoms with E-state index in [1.54, 1.807) is 0 Å². The molecular formula is C6H11NO5S. The second-order valence-electron chi connectivity index (χ2n) is 2.76. The molecule has 1 N–H and O–H groups in total. The second-order valence-corrected chi connectivity index (χ2v) is 4.40. The van der Waals surface area contributed by atoms with Crippen LogP contribution < -0.4 is 5.32 Å². The monoisotopic (exact) mass is 209 g/mol. The Kier molecular flexibility index (Phi) is 2.89. The quantitative estimate of drug-likeness (QED) is 0.449. The molecule has 7 heteroatoms. The molecule has 0 radical (unpaired) electrons. The first kappa shape index (κ1) is 10.4. The van der Waals surface area contributed by atoms with Crippen molar-refractivity contribution in [1.82, 2.24) is 5.32 Å². The molecule has 0 aliphatic carbocycles. The minimum atomic E-state index is -3.45. The maximum absolute atomic E-state index is 10.8. The SMILES string of the molecule is CO[C@@H]1C(=O)N[C@@H]1COS(C)(=O)=O. The number of hydrogen-bond acceptors (Lipinski definition) is 5. The number of carbonyl (C=O) groups is 1. The number of nitrogens with one attached hydrogen (secondary N) is 1. The number of methoxy groups -OCH3 is 1. The van der Waals surface area contributed by atoms with Gasteiger partial charge < -0.3 is 10.1 Å². The predicted molar refractivity (Wildman–Crippen MR) is 43.5 cm³/mol. The average molecular weight is 209 g/mol. The normalized spacial score (nSPS) is 28.0. The second kappa shape index (κ2) is 3.60. The highest BCUT2D eigenvalue weighted by molar-refractivity contribution is 7.85. The Morgan fingerprint density at radius 3 is 2.54 bits per heavy atom. The number of carbonyl (C=O) groups excluding carboxylic acids is 1. The van der Waals surface area contributed by atoms with Crippen molar-refractivity contribution in [2.45, 2.75) is 12.1 Å². The van der Waals surface area contributed by atoms with Gasteiger partial charge in [0.05, 0.1) is 18.9 Å². The van der Waals surface area contributed by atoms with Gasteiger partial charge in [0.15, 0.2) is 6.10 Å². The lowest BCUT2D eigenvalue weighted by Crippen LogP contribution is -2.65. The van der Waals surface area contributed by atoms with Gasteiger partial charge in [0.1, 0.15) is 0 Å². The van der Waals surface area contributed by atoms with Gasteiger partial charge in [-0.25, -0.2) is 0 Å². The zero-order valence-electron chi connectivity index (χ0n) is 7.31. The van der Waals surface area contributed by atoms with E-state index in [2.05, 4.69) is 9.50 Å². The molecular weight excluding hydrogens is 198 g/mol. The van der Waals surface area contributed by atoms with Crippen molar-refractivity contribution < 1.29 is 22.1 Å². The minimum absolute atomic E-state index is 0.0803. The fourth-order valence-corrected chi connectivity index (χ4v) is 1.42. The molecule has 2 atom stereocenters. The maximum Gasteiger partial charge on any atom is 0.264 e. The van der Waals surface area contributed by atoms with Crippen LogP contribution in [0.2, 0.25) is 0 Å². The van der Waals surface area contributed by atoms with E-state index in [9.17, 15) is 13.2 Å². The first-order valence-corrected chi connectivity index (χ1v) is 5.43. The highest BCUT2D eigenvalue weighted by Crippen LogP contribution is 2.10. The zero-order chi connectivity index (χ0) is 10.1. The molecule has 0 aromatic carbocycles. The first-order valence-electron chi connectivity index (χ1n) is 3.61. The van der Waals surface area contributed by atoms with Crippen LogP contribution >= 0.6 is 0 Å². The summed E-state index contributed by atoms with van der Waals surface area (Å²) < 4.78 is 30.4. The lowest BCUT2D eigenvalue weighted by Gasteiger charge is -2.34. The standard InChI is InChI=1S/C6H11NO5S/c1-11-5-4(7-6(5)8)3-12-13(2,9)10/h4-5H,3H2,1-2H3,(H,7,8)/t4-,5+/m1/s1. The van der Waals surface area contributed by atoms with Crippen LogP contribution in [0.4, 0.5) is 0 Å². The van der Waals surface area contributed by atoms with Crippen LogP contribution in [-0.4, -0.2) is 46.4 Å². The van der Waals surface area contributed by atoms with E-state index < -0.39 is 16.2 Å². The van der Waals surface area contributed by atoms with Gasteiger partial charge in [-0.05, 0) is 0 Å². The fourth-order valence-electron chi connectivity index (χ4n) is 1.02. The summed E-state index contributed by atoms with van der Waals surface area (Å²) in [6.07, 6.45) is 0.358. The predicted octanol–water partition coefficient (Wildman–Crippen LogP) is -1.52. The van der Waals surface area contributed by atoms with Gasteiger partial charge >= 0.3 is 0 Å². The van der Waals surface area contributed by atoms with Crippen molar-refractivity contribution in [3.8, 4) is 0 Å². The van der Waals surface area contributed by atoms with Crippen LogP contribution in [0.3, 0.4) is 0 Å². The number of β-lactam (4-membered cyclic amide) rings is 1. The lowest BCUT2D eigenvalue weighted by atomic mass is 10.0. The summed E-state index contributed by atoms with van der Waals surface area (Å²) >= 11 is 0. The molecule has 1 aliphatic heterocycles. The zero-order valence-corrected chi connectivity index (χ0v) is 8.13. The van der Waals surface area contributed by atoms with E-state index in [1.807, 2.05) is 0 Å². The van der Waals surface area contributed by atoms with Crippen molar-refractivity contribution in [2.75, 3.05) is 20.0 Å². The number of ether oxygens (including phenoxy) is 1. The van der Waals surface area contributed by atoms with Gasteiger partial charge in [-0.15, -0.1) is 0 Å². The van der Waals surface area contributed by atoms with E-state index in [-0.39, 0.29) is 18.6 Å². The van der Waals surface area contributed by atoms with Crippen LogP contribution in [0.15, 0.2) is 0 Å². The smallest absolute Gasteiger partial charge is 0.264 e. The Hall–Kier alpha value is -0.660. The average Bonchev–Trinajstić information content (AvgIpc) is 1.96. The maximum atomic E-state index is 10.8. The molecule has 0 unspecified atom stereocenters. The van der Waals surface area contributed by atoms with Crippen LogP contribution in [0.1, 0.15) is 0 Å². The Labute approximate surface area is 76.3 Å². The topological polar surface area (TPSA) is 81.7 Å². The van der Waals surface area contributed by atoms with Crippen LogP contribution in [0.5, 0.6) is 0 Å². The van der Waals surface area contributed by atoms with Gasteiger partial charge in [0.25, 0.3) is 16.0 Å². The summed E-state index contributed by atoms with van der Waals surface area (Å²) in [7, 11) is -2.07. The third-order valence-electron chi connectivity index (χ3n) is 1.67. The summed E-state index contributed by atoms with van der Waals surface area (Å²) in [5, 5.41) is 2.46. The Balaban J connectivity index is 2.36. The van der Waals surface area contributed by atoms with Gasteiger partial charge in [-0.3, -0.25) is 8.98 Å². The van der Waals surface area contributed by atoms with E-state index >= 15 is 0 Å². The summed E-state index contributed by atoms with van der Waals surface area (Å²) in [6.45, 7) is -0.0803. The molecule has 76 valence electrons. The summed E-state index contributed by atoms with van der Waals surface area (Å²) in [6, 6.07) is -0.368. The van der Waals surface area contributed by atoms with Gasteiger partial charge in [-0.1, -0.05) is 0 Å². The molecule has 1 aliphatic rings. The molecule has 1 amide bonds. The van der Waals surface area contributed by atoms with Crippen LogP contribution in [0, 0.1) is 0 Å². The van der Waals surface area contributed by atoms with Crippen molar-refractivity contribution in [2.24, 2.45) is 0 Å². The summed E-state index contributed by atoms with van der Waals surface area (Å²) in [5.41, 5.74) is 0. The van der Waals surface area contributed by atoms with E-state index in [0.29, 0.717) is 0 Å². The van der Waals surface area contributed by atoms with Crippen molar-refractivity contribution in [1.29, 1.82) is 0 Å². The molecule has 1 fully saturated rings. The van der Waals surface area contributed by atoms with Gasteiger partial charge in [0, 0.05) is 7.11 Å². The van der Waals surface area contributed by atoms with Crippen molar-refractivity contribution >= 4 is 16.0 Å². The van der Waals surface area contributed by atoms with Crippen LogP contribution in [0.25, 0.3) is 0 Å². The van der Waals surface area contributed by atoms with Gasteiger partial charge in [-0.2, -0.15) is 8.42 Å². The molecule has 1 rings (SSSR count). The Morgan fingerprint density at radius 2 is 2.15 bits per heavy atom. The van der Waals surface area contributed by atoms with Crippen molar-refractivity contribution in [3.05, 3.63) is 0 Å². The van der Waals surface area contributed by atoms with Gasteiger partial charge in [0.2, 0.25) is 0 Å². The number of amides is 1. The molecule has 0 bridgehead atoms. The third-order valence-corrected chi connectivity index (χ3v) is 2.23. The number of hydrogen-bond donors (Lipinski definition) is 1. The lowest BCUT2D eigenvalue weighted by molar-refractivity contribution is -0.146. The minimum Gasteiger partial charge on any atom is -0.369 e. The van der Waals surface area contributed by atoms with E-state index in [4.69, 9.17) is 4.74 Å². The highest BCUT2D eigenvalue weighted by Gasteiger charge is 2.40. The van der Waals surface area contributed by atoms with E-state index in [1.165, 1.54) is 7.11 Å². The highest BCUT2D eigenvalue weighted by atomic mass is 32.2. The first-order chi connectivity index (χ1) is 5.94. The Bertz CT molecular complexity index is 298. The molecule has 6 nitrogen and oxygen atoms in total. The fraction of sp³-hybridized carbons (Fsp3) is 0.833. The third kappa shape index (κ3) is 2.64. The molecule has 0 spiro atoms. The molecule has 13 heavy (non-hydrogen) atoms. The summed E-state index contributed by atoms with van der Waals surface area (Å²) in [5.74, 6) is -0.246. The number of rotatable bonds is 4. The molecule has 1 saturated heterocycles. The summed E-state index contributed by atoms with van der Waals surface area (Å²) in [4.78, 5) is 10.8. The van der Waals surface area contributed by atoms with E-state index in [0.717, 1.165) is 6.26 Å². The van der Waals surface area contributed by atoms with Crippen molar-refractivity contribution in [3.63, 3.8) is 0 Å². The molecule has 0 aromatic rings. The molecule has 1 heterocycles.